The molecule has 3 nitrogen and oxygen atoms in total. The molecular formula is C26H30O3S. The average molecular weight is 423 g/mol. The average Bonchev–Trinajstić information content (AvgIpc) is 3.20. The second kappa shape index (κ2) is 10.1. The van der Waals surface area contributed by atoms with Crippen molar-refractivity contribution in [1.29, 1.82) is 0 Å². The summed E-state index contributed by atoms with van der Waals surface area (Å²) >= 11 is 1.61. The summed E-state index contributed by atoms with van der Waals surface area (Å²) in [6.45, 7) is 9.35. The fraction of sp³-hybridized carbons (Fsp3) is 0.346. The van der Waals surface area contributed by atoms with Crippen LogP contribution in [-0.4, -0.2) is 12.9 Å². The lowest BCUT2D eigenvalue weighted by Crippen LogP contribution is -2.08. The zero-order chi connectivity index (χ0) is 21.7. The van der Waals surface area contributed by atoms with E-state index in [1.165, 1.54) is 21.6 Å². The minimum absolute atomic E-state index is 0.130. The number of rotatable bonds is 9. The highest BCUT2D eigenvalue weighted by Crippen LogP contribution is 2.37. The van der Waals surface area contributed by atoms with Crippen molar-refractivity contribution >= 4 is 17.1 Å². The molecule has 1 heterocycles. The van der Waals surface area contributed by atoms with Crippen molar-refractivity contribution in [2.45, 2.75) is 46.8 Å². The second-order valence-corrected chi connectivity index (χ2v) is 9.12. The largest absolute Gasteiger partial charge is 0.497 e. The van der Waals surface area contributed by atoms with Gasteiger partial charge in [0.2, 0.25) is 0 Å². The van der Waals surface area contributed by atoms with Crippen LogP contribution in [0.15, 0.2) is 54.6 Å². The molecule has 0 amide bonds. The van der Waals surface area contributed by atoms with E-state index in [0.717, 1.165) is 16.2 Å². The molecular weight excluding hydrogens is 392 g/mol. The Hall–Kier alpha value is -2.43. The molecule has 3 rings (SSSR count). The number of hydrogen-bond acceptors (Lipinski definition) is 4. The lowest BCUT2D eigenvalue weighted by Gasteiger charge is -2.22. The van der Waals surface area contributed by atoms with Crippen molar-refractivity contribution in [3.05, 3.63) is 86.6 Å². The lowest BCUT2D eigenvalue weighted by atomic mass is 9.86. The van der Waals surface area contributed by atoms with Crippen LogP contribution in [0.4, 0.5) is 0 Å². The summed E-state index contributed by atoms with van der Waals surface area (Å²) in [6, 6.07) is 18.7. The van der Waals surface area contributed by atoms with Gasteiger partial charge in [0, 0.05) is 10.8 Å². The SMILES string of the molecule is COc1ccc(COCc2cc(C(c3ccc(C(C)=O)s3)C(C)C)ccc2C)cc1. The van der Waals surface area contributed by atoms with Crippen molar-refractivity contribution in [2.24, 2.45) is 5.92 Å². The van der Waals surface area contributed by atoms with E-state index >= 15 is 0 Å². The predicted molar refractivity (Wildman–Crippen MR) is 124 cm³/mol. The molecule has 0 N–H and O–H groups in total. The molecule has 0 aliphatic heterocycles. The molecule has 0 fully saturated rings. The molecule has 4 heteroatoms. The molecule has 0 bridgehead atoms. The fourth-order valence-corrected chi connectivity index (χ4v) is 4.83. The number of carbonyl (C=O) groups is 1. The van der Waals surface area contributed by atoms with Crippen molar-refractivity contribution in [2.75, 3.05) is 7.11 Å². The molecule has 0 aliphatic rings. The summed E-state index contributed by atoms with van der Waals surface area (Å²) < 4.78 is 11.2. The lowest BCUT2D eigenvalue weighted by molar-refractivity contribution is 0.102. The molecule has 1 aromatic heterocycles. The number of thiophene rings is 1. The van der Waals surface area contributed by atoms with Crippen LogP contribution < -0.4 is 4.74 Å². The van der Waals surface area contributed by atoms with Gasteiger partial charge in [0.05, 0.1) is 25.2 Å². The topological polar surface area (TPSA) is 35.5 Å². The summed E-state index contributed by atoms with van der Waals surface area (Å²) in [5, 5.41) is 0. The third-order valence-electron chi connectivity index (χ3n) is 5.36. The number of carbonyl (C=O) groups excluding carboxylic acids is 1. The predicted octanol–water partition coefficient (Wildman–Crippen LogP) is 6.77. The molecule has 0 radical (unpaired) electrons. The van der Waals surface area contributed by atoms with E-state index in [0.29, 0.717) is 19.1 Å². The van der Waals surface area contributed by atoms with Crippen molar-refractivity contribution in [1.82, 2.24) is 0 Å². The van der Waals surface area contributed by atoms with Crippen LogP contribution in [-0.2, 0) is 18.0 Å². The molecule has 3 aromatic rings. The quantitative estimate of drug-likeness (QED) is 0.357. The summed E-state index contributed by atoms with van der Waals surface area (Å²) in [6.07, 6.45) is 0. The molecule has 0 spiro atoms. The first-order valence-corrected chi connectivity index (χ1v) is 11.1. The number of Topliss-reactive ketones (excluding diaryl/α,β-unsaturated/α-hetero) is 1. The fourth-order valence-electron chi connectivity index (χ4n) is 3.63. The Morgan fingerprint density at radius 3 is 2.33 bits per heavy atom. The van der Waals surface area contributed by atoms with Gasteiger partial charge < -0.3 is 9.47 Å². The smallest absolute Gasteiger partial charge is 0.169 e. The van der Waals surface area contributed by atoms with Gasteiger partial charge in [-0.15, -0.1) is 11.3 Å². The van der Waals surface area contributed by atoms with Crippen LogP contribution in [0.5, 0.6) is 5.75 Å². The molecule has 158 valence electrons. The standard InChI is InChI=1S/C26H30O3S/c1-17(2)26(25-13-12-24(30-25)19(4)27)21-9-6-18(3)22(14-21)16-29-15-20-7-10-23(28-5)11-8-20/h6-14,17,26H,15-16H2,1-5H3. The Balaban J connectivity index is 1.75. The Labute approximate surface area is 183 Å². The first-order chi connectivity index (χ1) is 14.4. The van der Waals surface area contributed by atoms with Crippen molar-refractivity contribution in [3.63, 3.8) is 0 Å². The van der Waals surface area contributed by atoms with Gasteiger partial charge in [-0.25, -0.2) is 0 Å². The maximum Gasteiger partial charge on any atom is 0.169 e. The molecule has 0 aliphatic carbocycles. The number of methoxy groups -OCH3 is 1. The van der Waals surface area contributed by atoms with E-state index in [1.807, 2.05) is 30.3 Å². The van der Waals surface area contributed by atoms with E-state index in [9.17, 15) is 4.79 Å². The first kappa shape index (κ1) is 22.3. The molecule has 30 heavy (non-hydrogen) atoms. The van der Waals surface area contributed by atoms with E-state index < -0.39 is 0 Å². The van der Waals surface area contributed by atoms with Crippen molar-refractivity contribution in [3.8, 4) is 5.75 Å². The van der Waals surface area contributed by atoms with Crippen LogP contribution in [0, 0.1) is 12.8 Å². The van der Waals surface area contributed by atoms with Gasteiger partial charge in [0.25, 0.3) is 0 Å². The third-order valence-corrected chi connectivity index (χ3v) is 6.63. The number of aryl methyl sites for hydroxylation is 1. The summed E-state index contributed by atoms with van der Waals surface area (Å²) in [7, 11) is 1.67. The zero-order valence-corrected chi connectivity index (χ0v) is 19.2. The number of ether oxygens (including phenoxy) is 2. The normalized spacial score (nSPS) is 12.2. The van der Waals surface area contributed by atoms with Crippen molar-refractivity contribution < 1.29 is 14.3 Å². The van der Waals surface area contributed by atoms with Crippen LogP contribution in [0.1, 0.15) is 63.5 Å². The van der Waals surface area contributed by atoms with Crippen LogP contribution in [0.2, 0.25) is 0 Å². The molecule has 1 atom stereocenters. The highest BCUT2D eigenvalue weighted by molar-refractivity contribution is 7.14. The number of ketones is 1. The van der Waals surface area contributed by atoms with Gasteiger partial charge in [-0.2, -0.15) is 0 Å². The summed E-state index contributed by atoms with van der Waals surface area (Å²) in [5.74, 6) is 1.68. The van der Waals surface area contributed by atoms with Gasteiger partial charge in [-0.05, 0) is 66.3 Å². The zero-order valence-electron chi connectivity index (χ0n) is 18.4. The molecule has 2 aromatic carbocycles. The summed E-state index contributed by atoms with van der Waals surface area (Å²) in [5.41, 5.74) is 4.83. The van der Waals surface area contributed by atoms with E-state index in [4.69, 9.17) is 9.47 Å². The number of hydrogen-bond donors (Lipinski definition) is 0. The molecule has 0 saturated carbocycles. The molecule has 1 unspecified atom stereocenters. The van der Waals surface area contributed by atoms with Gasteiger partial charge in [0.1, 0.15) is 5.75 Å². The second-order valence-electron chi connectivity index (χ2n) is 8.01. The van der Waals surface area contributed by atoms with Crippen LogP contribution in [0.3, 0.4) is 0 Å². The van der Waals surface area contributed by atoms with Crippen LogP contribution >= 0.6 is 11.3 Å². The van der Waals surface area contributed by atoms with Gasteiger partial charge in [0.15, 0.2) is 5.78 Å². The Morgan fingerprint density at radius 2 is 1.73 bits per heavy atom. The minimum atomic E-state index is 0.130. The maximum atomic E-state index is 11.7. The Bertz CT molecular complexity index is 986. The van der Waals surface area contributed by atoms with E-state index in [-0.39, 0.29) is 11.7 Å². The minimum Gasteiger partial charge on any atom is -0.497 e. The first-order valence-electron chi connectivity index (χ1n) is 10.3. The number of benzene rings is 2. The van der Waals surface area contributed by atoms with E-state index in [1.54, 1.807) is 25.4 Å². The Morgan fingerprint density at radius 1 is 1.00 bits per heavy atom. The highest BCUT2D eigenvalue weighted by Gasteiger charge is 2.21. The third kappa shape index (κ3) is 5.38. The van der Waals surface area contributed by atoms with Gasteiger partial charge in [-0.1, -0.05) is 44.2 Å². The van der Waals surface area contributed by atoms with Gasteiger partial charge >= 0.3 is 0 Å². The van der Waals surface area contributed by atoms with Gasteiger partial charge in [-0.3, -0.25) is 4.79 Å². The maximum absolute atomic E-state index is 11.7. The summed E-state index contributed by atoms with van der Waals surface area (Å²) in [4.78, 5) is 13.8. The molecule has 0 saturated heterocycles. The monoisotopic (exact) mass is 422 g/mol. The Kier molecular flexibility index (Phi) is 7.46. The van der Waals surface area contributed by atoms with E-state index in [2.05, 4.69) is 45.0 Å². The van der Waals surface area contributed by atoms with Crippen LogP contribution in [0.25, 0.3) is 0 Å². The highest BCUT2D eigenvalue weighted by atomic mass is 32.1.